The normalized spacial score (nSPS) is 17.7. The van der Waals surface area contributed by atoms with Gasteiger partial charge in [-0.15, -0.1) is 0 Å². The number of benzene rings is 2. The summed E-state index contributed by atoms with van der Waals surface area (Å²) in [4.78, 5) is 21.2. The lowest BCUT2D eigenvalue weighted by Crippen LogP contribution is -2.40. The Morgan fingerprint density at radius 1 is 1.15 bits per heavy atom. The van der Waals surface area contributed by atoms with E-state index in [9.17, 15) is 13.2 Å². The van der Waals surface area contributed by atoms with Crippen LogP contribution in [0.15, 0.2) is 46.1 Å². The Kier molecular flexibility index (Phi) is 5.85. The highest BCUT2D eigenvalue weighted by Crippen LogP contribution is 2.38. The number of aromatic nitrogens is 2. The zero-order chi connectivity index (χ0) is 24.0. The van der Waals surface area contributed by atoms with Gasteiger partial charge in [-0.05, 0) is 50.5 Å². The summed E-state index contributed by atoms with van der Waals surface area (Å²) in [5.74, 6) is 0.706. The molecule has 1 aliphatic heterocycles. The number of para-hydroxylation sites is 1. The first-order valence-electron chi connectivity index (χ1n) is 11.7. The highest BCUT2D eigenvalue weighted by atomic mass is 32.2. The van der Waals surface area contributed by atoms with Gasteiger partial charge in [0.2, 0.25) is 5.95 Å². The van der Waals surface area contributed by atoms with Crippen LogP contribution in [0.4, 0.5) is 11.6 Å². The molecule has 0 amide bonds. The molecule has 1 N–H and O–H groups in total. The molecule has 2 fully saturated rings. The molecule has 2 aliphatic rings. The van der Waals surface area contributed by atoms with Crippen molar-refractivity contribution in [2.24, 2.45) is 0 Å². The first-order valence-corrected chi connectivity index (χ1v) is 13.6. The van der Waals surface area contributed by atoms with Crippen molar-refractivity contribution in [2.45, 2.75) is 43.7 Å². The minimum atomic E-state index is -3.40. The van der Waals surface area contributed by atoms with E-state index in [0.29, 0.717) is 48.8 Å². The van der Waals surface area contributed by atoms with E-state index in [-0.39, 0.29) is 22.5 Å². The lowest BCUT2D eigenvalue weighted by atomic mass is 10.0. The Hall–Kier alpha value is -2.91. The van der Waals surface area contributed by atoms with Gasteiger partial charge in [0.15, 0.2) is 9.84 Å². The van der Waals surface area contributed by atoms with E-state index >= 15 is 0 Å². The number of anilines is 2. The van der Waals surface area contributed by atoms with E-state index in [4.69, 9.17) is 9.72 Å². The third kappa shape index (κ3) is 4.30. The van der Waals surface area contributed by atoms with E-state index in [1.165, 1.54) is 6.26 Å². The van der Waals surface area contributed by atoms with Gasteiger partial charge in [0.05, 0.1) is 40.7 Å². The van der Waals surface area contributed by atoms with Crippen LogP contribution >= 0.6 is 0 Å². The molecule has 0 spiro atoms. The molecule has 34 heavy (non-hydrogen) atoms. The molecule has 1 saturated heterocycles. The Labute approximate surface area is 199 Å². The summed E-state index contributed by atoms with van der Waals surface area (Å²) in [6, 6.07) is 10.7. The standard InChI is InChI=1S/C25H30N4O4S/c1-16-14-19(17(2)26-21-6-4-5-7-22(21)34(3,31)32)23-20(15-16)24(30)29(18-8-9-18)25(27-23)28-10-12-33-13-11-28/h4-7,14-15,17-18,26H,8-13H2,1-3H3/t17-/m1/s1. The van der Waals surface area contributed by atoms with Crippen LogP contribution < -0.4 is 15.8 Å². The van der Waals surface area contributed by atoms with Crippen molar-refractivity contribution in [1.29, 1.82) is 0 Å². The van der Waals surface area contributed by atoms with E-state index in [2.05, 4.69) is 10.2 Å². The molecule has 1 saturated carbocycles. The second-order valence-corrected chi connectivity index (χ2v) is 11.3. The highest BCUT2D eigenvalue weighted by Gasteiger charge is 2.31. The summed E-state index contributed by atoms with van der Waals surface area (Å²) in [6.45, 7) is 6.55. The number of sulfone groups is 1. The second-order valence-electron chi connectivity index (χ2n) is 9.30. The van der Waals surface area contributed by atoms with Crippen molar-refractivity contribution in [2.75, 3.05) is 42.8 Å². The third-order valence-corrected chi connectivity index (χ3v) is 7.65. The fourth-order valence-corrected chi connectivity index (χ4v) is 5.52. The number of hydrogen-bond acceptors (Lipinski definition) is 7. The lowest BCUT2D eigenvalue weighted by molar-refractivity contribution is 0.121. The summed E-state index contributed by atoms with van der Waals surface area (Å²) in [5.41, 5.74) is 3.01. The van der Waals surface area contributed by atoms with Crippen molar-refractivity contribution in [3.63, 3.8) is 0 Å². The van der Waals surface area contributed by atoms with Gasteiger partial charge >= 0.3 is 0 Å². The summed E-state index contributed by atoms with van der Waals surface area (Å²) in [5, 5.41) is 3.96. The van der Waals surface area contributed by atoms with Crippen molar-refractivity contribution >= 4 is 32.4 Å². The monoisotopic (exact) mass is 482 g/mol. The number of morpholine rings is 1. The van der Waals surface area contributed by atoms with Gasteiger partial charge in [-0.2, -0.15) is 0 Å². The van der Waals surface area contributed by atoms with Crippen LogP contribution in [0.1, 0.15) is 43.0 Å². The number of aryl methyl sites for hydroxylation is 1. The van der Waals surface area contributed by atoms with E-state index in [0.717, 1.165) is 24.0 Å². The van der Waals surface area contributed by atoms with Gasteiger partial charge in [-0.3, -0.25) is 9.36 Å². The van der Waals surface area contributed by atoms with Gasteiger partial charge in [0.1, 0.15) is 0 Å². The number of nitrogens with zero attached hydrogens (tertiary/aromatic N) is 3. The lowest BCUT2D eigenvalue weighted by Gasteiger charge is -2.30. The molecule has 180 valence electrons. The molecule has 1 aliphatic carbocycles. The topological polar surface area (TPSA) is 93.5 Å². The Morgan fingerprint density at radius 3 is 2.53 bits per heavy atom. The fraction of sp³-hybridized carbons (Fsp3) is 0.440. The molecule has 0 bridgehead atoms. The zero-order valence-corrected chi connectivity index (χ0v) is 20.6. The smallest absolute Gasteiger partial charge is 0.263 e. The predicted molar refractivity (Wildman–Crippen MR) is 134 cm³/mol. The first kappa shape index (κ1) is 22.9. The quantitative estimate of drug-likeness (QED) is 0.575. The average Bonchev–Trinajstić information content (AvgIpc) is 3.64. The number of fused-ring (bicyclic) bond motifs is 1. The molecule has 9 heteroatoms. The third-order valence-electron chi connectivity index (χ3n) is 6.49. The largest absolute Gasteiger partial charge is 0.378 e. The molecule has 5 rings (SSSR count). The Bertz CT molecular complexity index is 1410. The molecule has 1 atom stereocenters. The second kappa shape index (κ2) is 8.70. The average molecular weight is 483 g/mol. The predicted octanol–water partition coefficient (Wildman–Crippen LogP) is 3.45. The molecular formula is C25H30N4O4S. The molecular weight excluding hydrogens is 452 g/mol. The molecule has 0 radical (unpaired) electrons. The van der Waals surface area contributed by atoms with Crippen LogP contribution in [-0.4, -0.2) is 50.5 Å². The first-order chi connectivity index (χ1) is 16.2. The van der Waals surface area contributed by atoms with Gasteiger partial charge in [-0.25, -0.2) is 13.4 Å². The maximum Gasteiger partial charge on any atom is 0.263 e. The van der Waals surface area contributed by atoms with Crippen LogP contribution in [0, 0.1) is 6.92 Å². The van der Waals surface area contributed by atoms with E-state index in [1.54, 1.807) is 24.3 Å². The van der Waals surface area contributed by atoms with Crippen molar-refractivity contribution in [3.05, 3.63) is 57.9 Å². The van der Waals surface area contributed by atoms with Crippen LogP contribution in [0.3, 0.4) is 0 Å². The number of nitrogens with one attached hydrogen (secondary N) is 1. The maximum atomic E-state index is 13.7. The zero-order valence-electron chi connectivity index (χ0n) is 19.7. The maximum absolute atomic E-state index is 13.7. The Morgan fingerprint density at radius 2 is 1.85 bits per heavy atom. The molecule has 8 nitrogen and oxygen atoms in total. The number of ether oxygens (including phenoxy) is 1. The summed E-state index contributed by atoms with van der Waals surface area (Å²) >= 11 is 0. The van der Waals surface area contributed by atoms with Gasteiger partial charge in [0, 0.05) is 31.0 Å². The minimum Gasteiger partial charge on any atom is -0.378 e. The SMILES string of the molecule is Cc1cc([C@@H](C)Nc2ccccc2S(C)(=O)=O)c2nc(N3CCOCC3)n(C3CC3)c(=O)c2c1. The van der Waals surface area contributed by atoms with Gasteiger partial charge in [0.25, 0.3) is 5.56 Å². The molecule has 3 aromatic rings. The van der Waals surface area contributed by atoms with Gasteiger partial charge < -0.3 is 15.0 Å². The summed E-state index contributed by atoms with van der Waals surface area (Å²) < 4.78 is 32.0. The van der Waals surface area contributed by atoms with Crippen LogP contribution in [0.2, 0.25) is 0 Å². The van der Waals surface area contributed by atoms with Crippen molar-refractivity contribution < 1.29 is 13.2 Å². The molecule has 0 unspecified atom stereocenters. The Balaban J connectivity index is 1.65. The van der Waals surface area contributed by atoms with Crippen LogP contribution in [-0.2, 0) is 14.6 Å². The van der Waals surface area contributed by atoms with E-state index in [1.807, 2.05) is 30.5 Å². The van der Waals surface area contributed by atoms with Crippen LogP contribution in [0.5, 0.6) is 0 Å². The fourth-order valence-electron chi connectivity index (χ4n) is 4.67. The number of rotatable bonds is 6. The molecule has 2 aromatic carbocycles. The van der Waals surface area contributed by atoms with Crippen LogP contribution in [0.25, 0.3) is 10.9 Å². The minimum absolute atomic E-state index is 0.0114. The molecule has 1 aromatic heterocycles. The summed E-state index contributed by atoms with van der Waals surface area (Å²) in [7, 11) is -3.40. The van der Waals surface area contributed by atoms with E-state index < -0.39 is 9.84 Å². The van der Waals surface area contributed by atoms with Gasteiger partial charge in [-0.1, -0.05) is 18.2 Å². The number of hydrogen-bond donors (Lipinski definition) is 1. The van der Waals surface area contributed by atoms with Crippen molar-refractivity contribution in [1.82, 2.24) is 9.55 Å². The highest BCUT2D eigenvalue weighted by molar-refractivity contribution is 7.90. The summed E-state index contributed by atoms with van der Waals surface area (Å²) in [6.07, 6.45) is 3.18. The molecule has 2 heterocycles. The van der Waals surface area contributed by atoms with Crippen molar-refractivity contribution in [3.8, 4) is 0 Å².